The molecule has 15 heavy (non-hydrogen) atoms. The van der Waals surface area contributed by atoms with E-state index < -0.39 is 8.07 Å². The van der Waals surface area contributed by atoms with Gasteiger partial charge in [0.25, 0.3) is 0 Å². The van der Waals surface area contributed by atoms with Gasteiger partial charge in [-0.25, -0.2) is 0 Å². The van der Waals surface area contributed by atoms with Gasteiger partial charge in [0.2, 0.25) is 0 Å². The van der Waals surface area contributed by atoms with Crippen molar-refractivity contribution in [3.05, 3.63) is 30.3 Å². The summed E-state index contributed by atoms with van der Waals surface area (Å²) < 4.78 is 0. The van der Waals surface area contributed by atoms with E-state index in [-0.39, 0.29) is 0 Å². The largest absolute Gasteiger partial charge is 0.305 e. The zero-order valence-electron chi connectivity index (χ0n) is 9.29. The number of hydrogen-bond acceptors (Lipinski definition) is 1. The number of hydrogen-bond donors (Lipinski definition) is 0. The smallest absolute Gasteiger partial charge is 0.157 e. The summed E-state index contributed by atoms with van der Waals surface area (Å²) in [5.74, 6) is 0.574. The van der Waals surface area contributed by atoms with Crippen molar-refractivity contribution < 1.29 is 4.79 Å². The third kappa shape index (κ3) is 3.18. The minimum atomic E-state index is -1.92. The quantitative estimate of drug-likeness (QED) is 0.572. The molecule has 0 aliphatic heterocycles. The van der Waals surface area contributed by atoms with E-state index in [2.05, 4.69) is 25.2 Å². The minimum Gasteiger partial charge on any atom is -0.305 e. The van der Waals surface area contributed by atoms with Gasteiger partial charge in [-0.15, -0.1) is 11.6 Å². The Kier molecular flexibility index (Phi) is 4.55. The normalized spacial score (nSPS) is 11.4. The number of benzene rings is 1. The molecule has 0 aromatic heterocycles. The molecule has 0 fully saturated rings. The second-order valence-electron chi connectivity index (χ2n) is 4.21. The molecule has 1 nitrogen and oxygen atoms in total. The van der Waals surface area contributed by atoms with E-state index in [1.54, 1.807) is 0 Å². The van der Waals surface area contributed by atoms with Crippen LogP contribution < -0.4 is 5.19 Å². The van der Waals surface area contributed by atoms with Crippen molar-refractivity contribution >= 4 is 30.3 Å². The molecule has 0 saturated carbocycles. The lowest BCUT2D eigenvalue weighted by molar-refractivity contribution is -0.112. The molecule has 0 bridgehead atoms. The first-order valence-electron chi connectivity index (χ1n) is 5.24. The van der Waals surface area contributed by atoms with Crippen molar-refractivity contribution in [2.24, 2.45) is 0 Å². The van der Waals surface area contributed by atoms with Crippen LogP contribution in [0.4, 0.5) is 0 Å². The Bertz CT molecular complexity index is 322. The lowest BCUT2D eigenvalue weighted by Gasteiger charge is -2.20. The van der Waals surface area contributed by atoms with Gasteiger partial charge in [-0.1, -0.05) is 48.6 Å². The molecule has 1 rings (SSSR count). The maximum atomic E-state index is 12.0. The van der Waals surface area contributed by atoms with Crippen LogP contribution in [-0.4, -0.2) is 19.4 Å². The Morgan fingerprint density at radius 3 is 2.40 bits per heavy atom. The van der Waals surface area contributed by atoms with E-state index in [4.69, 9.17) is 11.6 Å². The zero-order chi connectivity index (χ0) is 11.3. The van der Waals surface area contributed by atoms with E-state index in [1.165, 1.54) is 5.19 Å². The van der Waals surface area contributed by atoms with Gasteiger partial charge in [0.15, 0.2) is 8.07 Å². The van der Waals surface area contributed by atoms with E-state index in [0.717, 1.165) is 6.42 Å². The molecule has 0 radical (unpaired) electrons. The number of carbonyl (C=O) groups is 1. The van der Waals surface area contributed by atoms with Crippen LogP contribution in [0.3, 0.4) is 0 Å². The summed E-state index contributed by atoms with van der Waals surface area (Å²) in [7, 11) is -1.92. The SMILES string of the molecule is C[Si](C)(C(=O)CCCCl)c1ccccc1. The minimum absolute atomic E-state index is 0.398. The lowest BCUT2D eigenvalue weighted by atomic mass is 10.4. The average molecular weight is 241 g/mol. The summed E-state index contributed by atoms with van der Waals surface area (Å²) in [4.78, 5) is 12.0. The first-order chi connectivity index (χ1) is 7.09. The molecule has 0 aliphatic rings. The van der Waals surface area contributed by atoms with E-state index in [0.29, 0.717) is 17.7 Å². The number of halogens is 1. The molecule has 0 aliphatic carbocycles. The van der Waals surface area contributed by atoms with Crippen molar-refractivity contribution in [3.63, 3.8) is 0 Å². The summed E-state index contributed by atoms with van der Waals surface area (Å²) in [5, 5.41) is 1.61. The summed E-state index contributed by atoms with van der Waals surface area (Å²) in [6.07, 6.45) is 1.42. The topological polar surface area (TPSA) is 17.1 Å². The first kappa shape index (κ1) is 12.5. The molecule has 0 N–H and O–H groups in total. The number of rotatable bonds is 5. The Labute approximate surface area is 97.5 Å². The fraction of sp³-hybridized carbons (Fsp3) is 0.417. The van der Waals surface area contributed by atoms with Crippen molar-refractivity contribution in [3.8, 4) is 0 Å². The highest BCUT2D eigenvalue weighted by Gasteiger charge is 2.31. The van der Waals surface area contributed by atoms with E-state index >= 15 is 0 Å². The van der Waals surface area contributed by atoms with Gasteiger partial charge >= 0.3 is 0 Å². The van der Waals surface area contributed by atoms with Gasteiger partial charge in [-0.3, -0.25) is 0 Å². The van der Waals surface area contributed by atoms with Gasteiger partial charge in [0.1, 0.15) is 5.41 Å². The van der Waals surface area contributed by atoms with Gasteiger partial charge in [-0.2, -0.15) is 0 Å². The molecule has 3 heteroatoms. The number of alkyl halides is 1. The van der Waals surface area contributed by atoms with Crippen LogP contribution in [0.15, 0.2) is 30.3 Å². The molecule has 0 amide bonds. The summed E-state index contributed by atoms with van der Waals surface area (Å²) in [6.45, 7) is 4.22. The predicted octanol–water partition coefficient (Wildman–Crippen LogP) is 2.73. The van der Waals surface area contributed by atoms with Gasteiger partial charge in [0.05, 0.1) is 0 Å². The standard InChI is InChI=1S/C12H17ClOSi/c1-15(2,12(14)9-6-10-13)11-7-4-3-5-8-11/h3-5,7-8H,6,9-10H2,1-2H3. The summed E-state index contributed by atoms with van der Waals surface area (Å²) >= 11 is 5.60. The van der Waals surface area contributed by atoms with Gasteiger partial charge in [0, 0.05) is 12.3 Å². The second kappa shape index (κ2) is 5.47. The molecule has 82 valence electrons. The highest BCUT2D eigenvalue weighted by atomic mass is 35.5. The average Bonchev–Trinajstić information content (AvgIpc) is 2.27. The Morgan fingerprint density at radius 1 is 1.27 bits per heavy atom. The Morgan fingerprint density at radius 2 is 1.87 bits per heavy atom. The highest BCUT2D eigenvalue weighted by molar-refractivity contribution is 7.13. The number of carbonyl (C=O) groups excluding carboxylic acids is 1. The van der Waals surface area contributed by atoms with E-state index in [9.17, 15) is 4.79 Å². The molecule has 0 atom stereocenters. The fourth-order valence-electron chi connectivity index (χ4n) is 1.56. The third-order valence-electron chi connectivity index (χ3n) is 2.73. The Hall–Kier alpha value is -0.603. The van der Waals surface area contributed by atoms with Crippen LogP contribution in [0.5, 0.6) is 0 Å². The van der Waals surface area contributed by atoms with Crippen LogP contribution >= 0.6 is 11.6 Å². The predicted molar refractivity (Wildman–Crippen MR) is 68.5 cm³/mol. The van der Waals surface area contributed by atoms with Crippen molar-refractivity contribution in [1.82, 2.24) is 0 Å². The molecular formula is C12H17ClOSi. The molecule has 1 aromatic rings. The first-order valence-corrected chi connectivity index (χ1v) is 8.77. The molecular weight excluding hydrogens is 224 g/mol. The van der Waals surface area contributed by atoms with Crippen molar-refractivity contribution in [2.75, 3.05) is 5.88 Å². The fourth-order valence-corrected chi connectivity index (χ4v) is 3.84. The van der Waals surface area contributed by atoms with Gasteiger partial charge < -0.3 is 4.79 Å². The molecule has 0 unspecified atom stereocenters. The van der Waals surface area contributed by atoms with Crippen LogP contribution in [-0.2, 0) is 4.79 Å². The molecule has 1 aromatic carbocycles. The highest BCUT2D eigenvalue weighted by Crippen LogP contribution is 2.09. The van der Waals surface area contributed by atoms with Crippen molar-refractivity contribution in [1.29, 1.82) is 0 Å². The van der Waals surface area contributed by atoms with Crippen LogP contribution in [0, 0.1) is 0 Å². The van der Waals surface area contributed by atoms with Crippen molar-refractivity contribution in [2.45, 2.75) is 25.9 Å². The van der Waals surface area contributed by atoms with Gasteiger partial charge in [-0.05, 0) is 6.42 Å². The molecule has 0 heterocycles. The lowest BCUT2D eigenvalue weighted by Crippen LogP contribution is -2.49. The summed E-state index contributed by atoms with van der Waals surface area (Å²) in [6, 6.07) is 10.1. The maximum absolute atomic E-state index is 12.0. The maximum Gasteiger partial charge on any atom is 0.157 e. The molecule has 0 saturated heterocycles. The monoisotopic (exact) mass is 240 g/mol. The summed E-state index contributed by atoms with van der Waals surface area (Å²) in [5.41, 5.74) is 0. The van der Waals surface area contributed by atoms with Crippen LogP contribution in [0.1, 0.15) is 12.8 Å². The van der Waals surface area contributed by atoms with E-state index in [1.807, 2.05) is 18.2 Å². The Balaban J connectivity index is 2.78. The van der Waals surface area contributed by atoms with Crippen LogP contribution in [0.2, 0.25) is 13.1 Å². The third-order valence-corrected chi connectivity index (χ3v) is 6.42. The van der Waals surface area contributed by atoms with Crippen LogP contribution in [0.25, 0.3) is 0 Å². The zero-order valence-corrected chi connectivity index (χ0v) is 11.1. The molecule has 0 spiro atoms. The second-order valence-corrected chi connectivity index (χ2v) is 8.97.